The monoisotopic (exact) mass is 446 g/mol. The molecule has 2 rings (SSSR count). The van der Waals surface area contributed by atoms with Crippen LogP contribution in [0.4, 0.5) is 0 Å². The summed E-state index contributed by atoms with van der Waals surface area (Å²) in [5.74, 6) is 1.66. The van der Waals surface area contributed by atoms with Crippen LogP contribution in [0.5, 0.6) is 5.75 Å². The van der Waals surface area contributed by atoms with E-state index in [1.54, 1.807) is 25.5 Å². The van der Waals surface area contributed by atoms with Gasteiger partial charge in [0, 0.05) is 31.9 Å². The van der Waals surface area contributed by atoms with E-state index in [2.05, 4.69) is 26.0 Å². The van der Waals surface area contributed by atoms with Gasteiger partial charge in [-0.1, -0.05) is 12.1 Å². The smallest absolute Gasteiger partial charge is 0.191 e. The van der Waals surface area contributed by atoms with Crippen LogP contribution in [0.25, 0.3) is 0 Å². The number of nitrogens with one attached hydrogen (secondary N) is 2. The highest BCUT2D eigenvalue weighted by Crippen LogP contribution is 2.11. The maximum Gasteiger partial charge on any atom is 0.191 e. The fourth-order valence-electron chi connectivity index (χ4n) is 1.98. The molecule has 126 valence electrons. The highest BCUT2D eigenvalue weighted by Gasteiger charge is 2.01. The Balaban J connectivity index is 0.00000264. The largest absolute Gasteiger partial charge is 0.497 e. The molecule has 1 aromatic carbocycles. The molecule has 0 unspecified atom stereocenters. The average molecular weight is 446 g/mol. The first kappa shape index (κ1) is 19.7. The summed E-state index contributed by atoms with van der Waals surface area (Å²) < 4.78 is 5.15. The van der Waals surface area contributed by atoms with Crippen molar-refractivity contribution in [3.63, 3.8) is 0 Å². The topological polar surface area (TPSA) is 58.5 Å². The molecular formula is C16H23IN4OS. The number of rotatable bonds is 6. The molecule has 0 radical (unpaired) electrons. The standard InChI is InChI=1S/C16H22N4OS.HI/c1-12-20-14(11-22-12)8-9-18-16(17-2)19-10-13-4-6-15(21-3)7-5-13;/h4-7,11H,8-10H2,1-3H3,(H2,17,18,19);1H. The molecule has 0 bridgehead atoms. The van der Waals surface area contributed by atoms with E-state index in [0.29, 0.717) is 0 Å². The Hall–Kier alpha value is -1.35. The summed E-state index contributed by atoms with van der Waals surface area (Å²) in [6.45, 7) is 3.56. The molecule has 0 aliphatic carbocycles. The Labute approximate surface area is 158 Å². The first-order chi connectivity index (χ1) is 10.7. The van der Waals surface area contributed by atoms with E-state index >= 15 is 0 Å². The Kier molecular flexibility index (Phi) is 8.93. The van der Waals surface area contributed by atoms with Crippen LogP contribution in [0.2, 0.25) is 0 Å². The summed E-state index contributed by atoms with van der Waals surface area (Å²) in [7, 11) is 3.44. The second-order valence-corrected chi connectivity index (χ2v) is 5.87. The summed E-state index contributed by atoms with van der Waals surface area (Å²) in [5.41, 5.74) is 2.31. The number of nitrogens with zero attached hydrogens (tertiary/aromatic N) is 2. The van der Waals surface area contributed by atoms with Crippen molar-refractivity contribution in [2.24, 2.45) is 4.99 Å². The third-order valence-electron chi connectivity index (χ3n) is 3.18. The maximum absolute atomic E-state index is 5.15. The lowest BCUT2D eigenvalue weighted by molar-refractivity contribution is 0.414. The van der Waals surface area contributed by atoms with Crippen molar-refractivity contribution >= 4 is 41.3 Å². The van der Waals surface area contributed by atoms with Gasteiger partial charge >= 0.3 is 0 Å². The molecule has 5 nitrogen and oxygen atoms in total. The van der Waals surface area contributed by atoms with Gasteiger partial charge in [0.15, 0.2) is 5.96 Å². The maximum atomic E-state index is 5.15. The van der Waals surface area contributed by atoms with Gasteiger partial charge in [0.1, 0.15) is 5.75 Å². The summed E-state index contributed by atoms with van der Waals surface area (Å²) in [5, 5.41) is 9.80. The van der Waals surface area contributed by atoms with E-state index < -0.39 is 0 Å². The SMILES string of the molecule is CN=C(NCCc1csc(C)n1)NCc1ccc(OC)cc1.I. The first-order valence-electron chi connectivity index (χ1n) is 7.19. The molecule has 0 amide bonds. The predicted molar refractivity (Wildman–Crippen MR) is 107 cm³/mol. The highest BCUT2D eigenvalue weighted by atomic mass is 127. The molecule has 0 spiro atoms. The number of aliphatic imine (C=N–C) groups is 1. The van der Waals surface area contributed by atoms with Gasteiger partial charge in [-0.05, 0) is 24.6 Å². The van der Waals surface area contributed by atoms with E-state index in [4.69, 9.17) is 4.74 Å². The van der Waals surface area contributed by atoms with Crippen molar-refractivity contribution in [1.29, 1.82) is 0 Å². The minimum atomic E-state index is 0. The zero-order valence-electron chi connectivity index (χ0n) is 13.6. The number of thiazole rings is 1. The van der Waals surface area contributed by atoms with Crippen LogP contribution in [0.1, 0.15) is 16.3 Å². The number of guanidine groups is 1. The Morgan fingerprint density at radius 3 is 2.57 bits per heavy atom. The Bertz CT molecular complexity index is 613. The number of halogens is 1. The van der Waals surface area contributed by atoms with Gasteiger partial charge in [-0.3, -0.25) is 4.99 Å². The van der Waals surface area contributed by atoms with Crippen molar-refractivity contribution in [3.8, 4) is 5.75 Å². The van der Waals surface area contributed by atoms with Gasteiger partial charge in [0.2, 0.25) is 0 Å². The predicted octanol–water partition coefficient (Wildman–Crippen LogP) is 2.99. The molecule has 0 aliphatic rings. The number of benzene rings is 1. The second-order valence-electron chi connectivity index (χ2n) is 4.81. The number of ether oxygens (including phenoxy) is 1. The van der Waals surface area contributed by atoms with Gasteiger partial charge in [-0.25, -0.2) is 4.98 Å². The number of methoxy groups -OCH3 is 1. The minimum Gasteiger partial charge on any atom is -0.497 e. The lowest BCUT2D eigenvalue weighted by Gasteiger charge is -2.11. The average Bonchev–Trinajstić information content (AvgIpc) is 2.96. The fourth-order valence-corrected chi connectivity index (χ4v) is 2.63. The third kappa shape index (κ3) is 6.74. The second kappa shape index (κ2) is 10.4. The van der Waals surface area contributed by atoms with Crippen LogP contribution in [-0.4, -0.2) is 31.6 Å². The normalized spacial score (nSPS) is 10.8. The lowest BCUT2D eigenvalue weighted by Crippen LogP contribution is -2.37. The highest BCUT2D eigenvalue weighted by molar-refractivity contribution is 14.0. The van der Waals surface area contributed by atoms with Crippen molar-refractivity contribution in [2.75, 3.05) is 20.7 Å². The van der Waals surface area contributed by atoms with Crippen molar-refractivity contribution < 1.29 is 4.74 Å². The number of aromatic nitrogens is 1. The van der Waals surface area contributed by atoms with E-state index in [0.717, 1.165) is 41.9 Å². The van der Waals surface area contributed by atoms with E-state index in [9.17, 15) is 0 Å². The summed E-state index contributed by atoms with van der Waals surface area (Å²) in [6, 6.07) is 7.99. The number of aryl methyl sites for hydroxylation is 1. The molecule has 0 saturated heterocycles. The Morgan fingerprint density at radius 2 is 2.00 bits per heavy atom. The molecular weight excluding hydrogens is 423 g/mol. The zero-order chi connectivity index (χ0) is 15.8. The summed E-state index contributed by atoms with van der Waals surface area (Å²) >= 11 is 1.68. The van der Waals surface area contributed by atoms with Crippen LogP contribution in [0, 0.1) is 6.92 Å². The zero-order valence-corrected chi connectivity index (χ0v) is 16.8. The molecule has 2 N–H and O–H groups in total. The molecule has 2 aromatic rings. The number of hydrogen-bond donors (Lipinski definition) is 2. The van der Waals surface area contributed by atoms with E-state index in [-0.39, 0.29) is 24.0 Å². The summed E-state index contributed by atoms with van der Waals surface area (Å²) in [6.07, 6.45) is 0.896. The van der Waals surface area contributed by atoms with Gasteiger partial charge in [-0.15, -0.1) is 35.3 Å². The van der Waals surface area contributed by atoms with Crippen LogP contribution >= 0.6 is 35.3 Å². The molecule has 0 saturated carbocycles. The van der Waals surface area contributed by atoms with E-state index in [1.165, 1.54) is 5.56 Å². The lowest BCUT2D eigenvalue weighted by atomic mass is 10.2. The molecule has 0 atom stereocenters. The molecule has 7 heteroatoms. The molecule has 1 aromatic heterocycles. The van der Waals surface area contributed by atoms with E-state index in [1.807, 2.05) is 31.2 Å². The molecule has 0 fully saturated rings. The fraction of sp³-hybridized carbons (Fsp3) is 0.375. The molecule has 1 heterocycles. The Morgan fingerprint density at radius 1 is 1.26 bits per heavy atom. The van der Waals surface area contributed by atoms with Crippen LogP contribution in [0.3, 0.4) is 0 Å². The molecule has 23 heavy (non-hydrogen) atoms. The minimum absolute atomic E-state index is 0. The van der Waals surface area contributed by atoms with Gasteiger partial charge in [0.25, 0.3) is 0 Å². The van der Waals surface area contributed by atoms with Crippen molar-refractivity contribution in [2.45, 2.75) is 19.9 Å². The molecule has 0 aliphatic heterocycles. The van der Waals surface area contributed by atoms with Gasteiger partial charge in [-0.2, -0.15) is 0 Å². The number of hydrogen-bond acceptors (Lipinski definition) is 4. The van der Waals surface area contributed by atoms with Gasteiger partial charge in [0.05, 0.1) is 17.8 Å². The van der Waals surface area contributed by atoms with Crippen LogP contribution in [0.15, 0.2) is 34.6 Å². The first-order valence-corrected chi connectivity index (χ1v) is 8.07. The third-order valence-corrected chi connectivity index (χ3v) is 4.01. The van der Waals surface area contributed by atoms with Crippen molar-refractivity contribution in [3.05, 3.63) is 45.9 Å². The van der Waals surface area contributed by atoms with Crippen molar-refractivity contribution in [1.82, 2.24) is 15.6 Å². The summed E-state index contributed by atoms with van der Waals surface area (Å²) in [4.78, 5) is 8.67. The van der Waals surface area contributed by atoms with Gasteiger partial charge < -0.3 is 15.4 Å². The van der Waals surface area contributed by atoms with Crippen LogP contribution in [-0.2, 0) is 13.0 Å². The van der Waals surface area contributed by atoms with Crippen LogP contribution < -0.4 is 15.4 Å². The quantitative estimate of drug-likeness (QED) is 0.407.